The van der Waals surface area contributed by atoms with Gasteiger partial charge in [-0.2, -0.15) is 0 Å². The molecule has 1 N–H and O–H groups in total. The van der Waals surface area contributed by atoms with E-state index in [-0.39, 0.29) is 43.5 Å². The van der Waals surface area contributed by atoms with Crippen molar-refractivity contribution < 1.29 is 29.0 Å². The molecule has 146 valence electrons. The largest absolute Gasteiger partial charge is 0.480 e. The normalized spacial score (nSPS) is 23.0. The van der Waals surface area contributed by atoms with Crippen molar-refractivity contribution in [3.05, 3.63) is 35.9 Å². The molecule has 0 spiro atoms. The summed E-state index contributed by atoms with van der Waals surface area (Å²) in [5.41, 5.74) is 0.952. The molecular weight excluding hydrogens is 352 g/mol. The number of hydrogen-bond donors (Lipinski definition) is 1. The zero-order valence-corrected chi connectivity index (χ0v) is 15.5. The van der Waals surface area contributed by atoms with Crippen LogP contribution in [0.5, 0.6) is 0 Å². The lowest BCUT2D eigenvalue weighted by Gasteiger charge is -2.16. The Bertz CT molecular complexity index is 705. The summed E-state index contributed by atoms with van der Waals surface area (Å²) >= 11 is 0. The van der Waals surface area contributed by atoms with Crippen LogP contribution in [0.3, 0.4) is 0 Å². The van der Waals surface area contributed by atoms with Gasteiger partial charge in [-0.1, -0.05) is 30.3 Å². The van der Waals surface area contributed by atoms with Gasteiger partial charge in [-0.05, 0) is 19.7 Å². The number of nitrogens with zero attached hydrogens (tertiary/aromatic N) is 2. The lowest BCUT2D eigenvalue weighted by atomic mass is 10.2. The molecule has 0 radical (unpaired) electrons. The van der Waals surface area contributed by atoms with Gasteiger partial charge in [0.15, 0.2) is 0 Å². The molecule has 2 atom stereocenters. The number of benzene rings is 1. The second-order valence-corrected chi connectivity index (χ2v) is 6.78. The average Bonchev–Trinajstić information content (AvgIpc) is 3.14. The van der Waals surface area contributed by atoms with Crippen molar-refractivity contribution in [1.29, 1.82) is 0 Å². The van der Waals surface area contributed by atoms with Gasteiger partial charge in [0.05, 0.1) is 13.1 Å². The highest BCUT2D eigenvalue weighted by Gasteiger charge is 2.34. The van der Waals surface area contributed by atoms with Crippen LogP contribution in [-0.4, -0.2) is 77.7 Å². The highest BCUT2D eigenvalue weighted by Crippen LogP contribution is 2.14. The van der Waals surface area contributed by atoms with E-state index < -0.39 is 18.1 Å². The molecule has 2 aliphatic heterocycles. The molecule has 8 heteroatoms. The highest BCUT2D eigenvalue weighted by atomic mass is 16.5. The van der Waals surface area contributed by atoms with Crippen LogP contribution < -0.4 is 0 Å². The maximum absolute atomic E-state index is 11.8. The topological polar surface area (TPSA) is 104 Å². The fourth-order valence-electron chi connectivity index (χ4n) is 3.01. The van der Waals surface area contributed by atoms with Crippen LogP contribution in [0.15, 0.2) is 30.3 Å². The van der Waals surface area contributed by atoms with Gasteiger partial charge in [-0.25, -0.2) is 0 Å². The van der Waals surface area contributed by atoms with Crippen molar-refractivity contribution in [2.24, 2.45) is 0 Å². The van der Waals surface area contributed by atoms with E-state index in [1.165, 1.54) is 0 Å². The van der Waals surface area contributed by atoms with Crippen molar-refractivity contribution in [3.63, 3.8) is 0 Å². The number of hydrogen-bond acceptors (Lipinski definition) is 7. The van der Waals surface area contributed by atoms with Crippen LogP contribution in [0, 0.1) is 0 Å². The molecular formula is C19H24N2O6. The fraction of sp³-hybridized carbons (Fsp3) is 0.474. The third-order valence-corrected chi connectivity index (χ3v) is 4.54. The monoisotopic (exact) mass is 376 g/mol. The van der Waals surface area contributed by atoms with E-state index in [0.717, 1.165) is 5.56 Å². The first-order valence-corrected chi connectivity index (χ1v) is 8.65. The van der Waals surface area contributed by atoms with Gasteiger partial charge in [0.1, 0.15) is 30.3 Å². The molecule has 0 saturated carbocycles. The van der Waals surface area contributed by atoms with Gasteiger partial charge in [0, 0.05) is 12.8 Å². The fourth-order valence-corrected chi connectivity index (χ4v) is 3.01. The number of esters is 1. The Balaban J connectivity index is 0.000000223. The number of carboxylic acid groups (broad SMARTS) is 1. The number of rotatable bonds is 4. The van der Waals surface area contributed by atoms with Crippen LogP contribution in [0.4, 0.5) is 0 Å². The molecule has 0 bridgehead atoms. The number of carbonyl (C=O) groups is 4. The lowest BCUT2D eigenvalue weighted by Crippen LogP contribution is -2.34. The van der Waals surface area contributed by atoms with E-state index >= 15 is 0 Å². The Morgan fingerprint density at radius 2 is 1.52 bits per heavy atom. The lowest BCUT2D eigenvalue weighted by molar-refractivity contribution is -0.150. The SMILES string of the molecule is CN1CC(=O)CC1C(=O)O.CN1CC(=O)CC1C(=O)OCc1ccccc1. The summed E-state index contributed by atoms with van der Waals surface area (Å²) in [5.74, 6) is -1.13. The van der Waals surface area contributed by atoms with Gasteiger partial charge in [-0.3, -0.25) is 29.0 Å². The van der Waals surface area contributed by atoms with Gasteiger partial charge in [0.2, 0.25) is 0 Å². The van der Waals surface area contributed by atoms with Crippen molar-refractivity contribution in [2.45, 2.75) is 31.5 Å². The minimum Gasteiger partial charge on any atom is -0.480 e. The number of ketones is 2. The predicted octanol–water partition coefficient (Wildman–Crippen LogP) is 0.347. The molecule has 1 aromatic rings. The van der Waals surface area contributed by atoms with Crippen LogP contribution in [0.1, 0.15) is 18.4 Å². The number of Topliss-reactive ketones (excluding diaryl/α,β-unsaturated/α-hetero) is 2. The van der Waals surface area contributed by atoms with Gasteiger partial charge >= 0.3 is 11.9 Å². The molecule has 0 aromatic heterocycles. The first kappa shape index (κ1) is 20.7. The minimum atomic E-state index is -0.909. The second kappa shape index (κ2) is 9.38. The molecule has 2 aliphatic rings. The van der Waals surface area contributed by atoms with Crippen LogP contribution in [0.25, 0.3) is 0 Å². The quantitative estimate of drug-likeness (QED) is 0.751. The summed E-state index contributed by atoms with van der Waals surface area (Å²) < 4.78 is 5.20. The first-order chi connectivity index (χ1) is 12.8. The maximum Gasteiger partial charge on any atom is 0.324 e. The summed E-state index contributed by atoms with van der Waals surface area (Å²) in [4.78, 5) is 47.3. The molecule has 2 fully saturated rings. The van der Waals surface area contributed by atoms with Crippen molar-refractivity contribution in [1.82, 2.24) is 9.80 Å². The number of ether oxygens (including phenoxy) is 1. The van der Waals surface area contributed by atoms with Gasteiger partial charge in [-0.15, -0.1) is 0 Å². The average molecular weight is 376 g/mol. The van der Waals surface area contributed by atoms with Gasteiger partial charge in [0.25, 0.3) is 0 Å². The second-order valence-electron chi connectivity index (χ2n) is 6.78. The van der Waals surface area contributed by atoms with Crippen LogP contribution in [0.2, 0.25) is 0 Å². The minimum absolute atomic E-state index is 0.00917. The molecule has 1 aromatic carbocycles. The van der Waals surface area contributed by atoms with Crippen molar-refractivity contribution in [2.75, 3.05) is 27.2 Å². The van der Waals surface area contributed by atoms with Gasteiger partial charge < -0.3 is 9.84 Å². The summed E-state index contributed by atoms with van der Waals surface area (Å²) in [6, 6.07) is 8.50. The number of likely N-dealkylation sites (tertiary alicyclic amines) is 2. The Morgan fingerprint density at radius 3 is 1.93 bits per heavy atom. The van der Waals surface area contributed by atoms with Crippen LogP contribution in [-0.2, 0) is 30.5 Å². The molecule has 2 heterocycles. The molecule has 27 heavy (non-hydrogen) atoms. The van der Waals surface area contributed by atoms with Crippen LogP contribution >= 0.6 is 0 Å². The summed E-state index contributed by atoms with van der Waals surface area (Å²) in [6.07, 6.45) is 0.427. The van der Waals surface area contributed by atoms with E-state index in [4.69, 9.17) is 9.84 Å². The number of likely N-dealkylation sites (N-methyl/N-ethyl adjacent to an activating group) is 2. The standard InChI is InChI=1S/C13H15NO3.C6H9NO3/c1-14-8-11(15)7-12(14)13(16)17-9-10-5-3-2-4-6-10;1-7-3-4(8)2-5(7)6(9)10/h2-6,12H,7-9H2,1H3;5H,2-3H2,1H3,(H,9,10). The Morgan fingerprint density at radius 1 is 1.00 bits per heavy atom. The smallest absolute Gasteiger partial charge is 0.324 e. The van der Waals surface area contributed by atoms with E-state index in [2.05, 4.69) is 0 Å². The highest BCUT2D eigenvalue weighted by molar-refractivity contribution is 5.91. The molecule has 0 amide bonds. The Labute approximate surface area is 157 Å². The zero-order chi connectivity index (χ0) is 20.0. The molecule has 2 saturated heterocycles. The maximum atomic E-state index is 11.8. The molecule has 3 rings (SSSR count). The Hall–Kier alpha value is -2.58. The third-order valence-electron chi connectivity index (χ3n) is 4.54. The first-order valence-electron chi connectivity index (χ1n) is 8.65. The number of carbonyl (C=O) groups excluding carboxylic acids is 3. The number of carboxylic acids is 1. The van der Waals surface area contributed by atoms with E-state index in [1.54, 1.807) is 23.9 Å². The molecule has 2 unspecified atom stereocenters. The Kier molecular flexibility index (Phi) is 7.20. The van der Waals surface area contributed by atoms with Crippen molar-refractivity contribution in [3.8, 4) is 0 Å². The summed E-state index contributed by atoms with van der Waals surface area (Å²) in [7, 11) is 3.41. The predicted molar refractivity (Wildman–Crippen MR) is 96.0 cm³/mol. The summed E-state index contributed by atoms with van der Waals surface area (Å²) in [5, 5.41) is 8.51. The molecule has 0 aliphatic carbocycles. The van der Waals surface area contributed by atoms with E-state index in [1.807, 2.05) is 30.3 Å². The zero-order valence-electron chi connectivity index (χ0n) is 15.5. The van der Waals surface area contributed by atoms with E-state index in [0.29, 0.717) is 6.54 Å². The van der Waals surface area contributed by atoms with Crippen molar-refractivity contribution >= 4 is 23.5 Å². The number of aliphatic carboxylic acids is 1. The summed E-state index contributed by atoms with van der Waals surface area (Å²) in [6.45, 7) is 0.875. The van der Waals surface area contributed by atoms with E-state index in [9.17, 15) is 19.2 Å². The third kappa shape index (κ3) is 5.97. The molecule has 8 nitrogen and oxygen atoms in total.